The summed E-state index contributed by atoms with van der Waals surface area (Å²) in [5.74, 6) is -1.67. The summed E-state index contributed by atoms with van der Waals surface area (Å²) in [4.78, 5) is 27.8. The van der Waals surface area contributed by atoms with E-state index >= 15 is 0 Å². The van der Waals surface area contributed by atoms with Crippen LogP contribution in [0, 0.1) is 17.3 Å². The van der Waals surface area contributed by atoms with Crippen LogP contribution in [0.5, 0.6) is 0 Å². The molecule has 19 heavy (non-hydrogen) atoms. The third-order valence-electron chi connectivity index (χ3n) is 4.84. The third kappa shape index (κ3) is 2.36. The standard InChI is InChI=1S/C14H24N2O3/c1-5-15-6-7-16(8-9(15)2)12(17)10-11(13(18)19)14(10,3)4/h9-11H,5-8H2,1-4H3,(H,18,19)/t9?,10-,11+/m1/s1. The molecule has 0 aromatic rings. The van der Waals surface area contributed by atoms with Crippen molar-refractivity contribution >= 4 is 11.9 Å². The molecule has 1 saturated carbocycles. The first kappa shape index (κ1) is 14.3. The van der Waals surface area contributed by atoms with E-state index in [0.717, 1.165) is 19.6 Å². The lowest BCUT2D eigenvalue weighted by Crippen LogP contribution is -2.54. The van der Waals surface area contributed by atoms with E-state index in [9.17, 15) is 9.59 Å². The van der Waals surface area contributed by atoms with Gasteiger partial charge in [-0.2, -0.15) is 0 Å². The molecule has 2 rings (SSSR count). The number of likely N-dealkylation sites (N-methyl/N-ethyl adjacent to an activating group) is 1. The Morgan fingerprint density at radius 3 is 2.32 bits per heavy atom. The summed E-state index contributed by atoms with van der Waals surface area (Å²) in [6, 6.07) is 0.354. The molecule has 0 spiro atoms. The zero-order valence-corrected chi connectivity index (χ0v) is 12.2. The van der Waals surface area contributed by atoms with Gasteiger partial charge in [0.1, 0.15) is 0 Å². The van der Waals surface area contributed by atoms with Crippen LogP contribution in [-0.4, -0.2) is 59.0 Å². The Morgan fingerprint density at radius 2 is 1.89 bits per heavy atom. The number of carboxylic acids is 1. The third-order valence-corrected chi connectivity index (χ3v) is 4.84. The molecule has 108 valence electrons. The highest BCUT2D eigenvalue weighted by molar-refractivity contribution is 5.91. The van der Waals surface area contributed by atoms with Crippen molar-refractivity contribution in [3.63, 3.8) is 0 Å². The molecule has 0 bridgehead atoms. The van der Waals surface area contributed by atoms with E-state index in [4.69, 9.17) is 5.11 Å². The second-order valence-electron chi connectivity index (χ2n) is 6.38. The summed E-state index contributed by atoms with van der Waals surface area (Å²) >= 11 is 0. The average molecular weight is 268 g/mol. The molecule has 2 fully saturated rings. The van der Waals surface area contributed by atoms with Crippen LogP contribution >= 0.6 is 0 Å². The Kier molecular flexibility index (Phi) is 3.60. The normalized spacial score (nSPS) is 34.1. The molecule has 1 amide bonds. The lowest BCUT2D eigenvalue weighted by atomic mass is 10.1. The number of nitrogens with zero attached hydrogens (tertiary/aromatic N) is 2. The van der Waals surface area contributed by atoms with E-state index in [-0.39, 0.29) is 11.8 Å². The first-order valence-electron chi connectivity index (χ1n) is 7.06. The monoisotopic (exact) mass is 268 g/mol. The topological polar surface area (TPSA) is 60.9 Å². The zero-order chi connectivity index (χ0) is 14.4. The van der Waals surface area contributed by atoms with Crippen molar-refractivity contribution in [2.45, 2.75) is 33.7 Å². The number of carbonyl (C=O) groups excluding carboxylic acids is 1. The zero-order valence-electron chi connectivity index (χ0n) is 12.2. The molecule has 0 radical (unpaired) electrons. The number of carbonyl (C=O) groups is 2. The van der Waals surface area contributed by atoms with Crippen molar-refractivity contribution < 1.29 is 14.7 Å². The lowest BCUT2D eigenvalue weighted by molar-refractivity contribution is -0.142. The highest BCUT2D eigenvalue weighted by atomic mass is 16.4. The highest BCUT2D eigenvalue weighted by Gasteiger charge is 2.66. The van der Waals surface area contributed by atoms with Crippen molar-refractivity contribution in [2.24, 2.45) is 17.3 Å². The number of amides is 1. The first-order chi connectivity index (χ1) is 8.80. The summed E-state index contributed by atoms with van der Waals surface area (Å²) in [6.07, 6.45) is 0. The summed E-state index contributed by atoms with van der Waals surface area (Å²) in [5, 5.41) is 9.16. The smallest absolute Gasteiger partial charge is 0.307 e. The lowest BCUT2D eigenvalue weighted by Gasteiger charge is -2.39. The second-order valence-corrected chi connectivity index (χ2v) is 6.38. The van der Waals surface area contributed by atoms with E-state index in [1.165, 1.54) is 0 Å². The molecule has 3 atom stereocenters. The molecule has 5 heteroatoms. The predicted molar refractivity (Wildman–Crippen MR) is 71.7 cm³/mol. The Labute approximate surface area is 114 Å². The van der Waals surface area contributed by atoms with Crippen LogP contribution in [0.15, 0.2) is 0 Å². The van der Waals surface area contributed by atoms with Gasteiger partial charge in [0.15, 0.2) is 0 Å². The van der Waals surface area contributed by atoms with Gasteiger partial charge < -0.3 is 10.0 Å². The highest BCUT2D eigenvalue weighted by Crippen LogP contribution is 2.59. The van der Waals surface area contributed by atoms with Gasteiger partial charge in [0.25, 0.3) is 0 Å². The van der Waals surface area contributed by atoms with Gasteiger partial charge in [-0.15, -0.1) is 0 Å². The van der Waals surface area contributed by atoms with Crippen molar-refractivity contribution in [2.75, 3.05) is 26.2 Å². The second kappa shape index (κ2) is 4.78. The van der Waals surface area contributed by atoms with E-state index in [1.54, 1.807) is 0 Å². The molecule has 1 aliphatic heterocycles. The fraction of sp³-hybridized carbons (Fsp3) is 0.857. The Morgan fingerprint density at radius 1 is 1.26 bits per heavy atom. The summed E-state index contributed by atoms with van der Waals surface area (Å²) in [5.41, 5.74) is -0.395. The molecule has 1 N–H and O–H groups in total. The Balaban J connectivity index is 2.01. The molecule has 1 heterocycles. The molecule has 5 nitrogen and oxygen atoms in total. The van der Waals surface area contributed by atoms with E-state index in [2.05, 4.69) is 18.7 Å². The average Bonchev–Trinajstić information content (AvgIpc) is 2.91. The van der Waals surface area contributed by atoms with Crippen molar-refractivity contribution in [3.8, 4) is 0 Å². The number of piperazine rings is 1. The minimum absolute atomic E-state index is 0.0278. The number of hydrogen-bond acceptors (Lipinski definition) is 3. The minimum atomic E-state index is -0.844. The molecular formula is C14H24N2O3. The SMILES string of the molecule is CCN1CCN(C(=O)[C@H]2[C@@H](C(=O)O)C2(C)C)CC1C. The van der Waals surface area contributed by atoms with Gasteiger partial charge in [-0.05, 0) is 18.9 Å². The van der Waals surface area contributed by atoms with Gasteiger partial charge in [-0.3, -0.25) is 14.5 Å². The van der Waals surface area contributed by atoms with Gasteiger partial charge in [-0.25, -0.2) is 0 Å². The van der Waals surface area contributed by atoms with Gasteiger partial charge in [0, 0.05) is 25.7 Å². The van der Waals surface area contributed by atoms with Crippen LogP contribution in [0.4, 0.5) is 0 Å². The summed E-state index contributed by atoms with van der Waals surface area (Å²) in [7, 11) is 0. The van der Waals surface area contributed by atoms with Crippen molar-refractivity contribution in [1.29, 1.82) is 0 Å². The minimum Gasteiger partial charge on any atom is -0.481 e. The van der Waals surface area contributed by atoms with Gasteiger partial charge in [0.05, 0.1) is 11.8 Å². The van der Waals surface area contributed by atoms with E-state index < -0.39 is 17.3 Å². The molecule has 2 aliphatic rings. The van der Waals surface area contributed by atoms with Crippen molar-refractivity contribution in [1.82, 2.24) is 9.80 Å². The summed E-state index contributed by atoms with van der Waals surface area (Å²) < 4.78 is 0. The number of carboxylic acid groups (broad SMARTS) is 1. The quantitative estimate of drug-likeness (QED) is 0.826. The van der Waals surface area contributed by atoms with Crippen LogP contribution in [0.3, 0.4) is 0 Å². The fourth-order valence-electron chi connectivity index (χ4n) is 3.42. The molecule has 0 aromatic carbocycles. The Bertz CT molecular complexity index is 394. The van der Waals surface area contributed by atoms with E-state index in [0.29, 0.717) is 12.6 Å². The molecular weight excluding hydrogens is 244 g/mol. The van der Waals surface area contributed by atoms with Crippen LogP contribution in [0.2, 0.25) is 0 Å². The maximum absolute atomic E-state index is 12.5. The van der Waals surface area contributed by atoms with E-state index in [1.807, 2.05) is 18.7 Å². The van der Waals surface area contributed by atoms with Gasteiger partial charge in [-0.1, -0.05) is 20.8 Å². The largest absolute Gasteiger partial charge is 0.481 e. The molecule has 0 aromatic heterocycles. The fourth-order valence-corrected chi connectivity index (χ4v) is 3.42. The molecule has 1 unspecified atom stereocenters. The maximum atomic E-state index is 12.5. The van der Waals surface area contributed by atoms with Crippen LogP contribution in [0.1, 0.15) is 27.7 Å². The van der Waals surface area contributed by atoms with Crippen LogP contribution in [-0.2, 0) is 9.59 Å². The van der Waals surface area contributed by atoms with Crippen molar-refractivity contribution in [3.05, 3.63) is 0 Å². The van der Waals surface area contributed by atoms with Crippen LogP contribution in [0.25, 0.3) is 0 Å². The maximum Gasteiger partial charge on any atom is 0.307 e. The number of rotatable bonds is 3. The predicted octanol–water partition coefficient (Wildman–Crippen LogP) is 0.896. The number of hydrogen-bond donors (Lipinski definition) is 1. The van der Waals surface area contributed by atoms with Gasteiger partial charge >= 0.3 is 5.97 Å². The number of aliphatic carboxylic acids is 1. The molecule has 1 saturated heterocycles. The summed E-state index contributed by atoms with van der Waals surface area (Å²) in [6.45, 7) is 11.3. The van der Waals surface area contributed by atoms with Crippen LogP contribution < -0.4 is 0 Å². The molecule has 1 aliphatic carbocycles. The Hall–Kier alpha value is -1.10. The first-order valence-corrected chi connectivity index (χ1v) is 7.06. The van der Waals surface area contributed by atoms with Gasteiger partial charge in [0.2, 0.25) is 5.91 Å².